The zero-order valence-corrected chi connectivity index (χ0v) is 13.6. The van der Waals surface area contributed by atoms with Gasteiger partial charge in [-0.2, -0.15) is 0 Å². The van der Waals surface area contributed by atoms with Crippen molar-refractivity contribution in [1.82, 2.24) is 14.9 Å². The minimum absolute atomic E-state index is 0.00328. The summed E-state index contributed by atoms with van der Waals surface area (Å²) in [7, 11) is 0. The molecule has 0 atom stereocenters. The van der Waals surface area contributed by atoms with E-state index in [0.717, 1.165) is 5.56 Å². The van der Waals surface area contributed by atoms with Crippen LogP contribution in [0.5, 0.6) is 0 Å². The fourth-order valence-electron chi connectivity index (χ4n) is 2.79. The van der Waals surface area contributed by atoms with E-state index in [1.54, 1.807) is 41.7 Å². The second-order valence-electron chi connectivity index (χ2n) is 6.01. The van der Waals surface area contributed by atoms with Crippen LogP contribution in [0.15, 0.2) is 42.9 Å². The molecular formula is C18H20N4O2. The standard InChI is InChI=1S/C18H20N4O2/c1-13-2-3-16(20-12-13)21-17(23)14-6-10-22(11-7-14)18(24)15-4-8-19-9-5-15/h2-5,8-9,12,14H,6-7,10-11H2,1H3,(H,20,21,23). The van der Waals surface area contributed by atoms with Gasteiger partial charge in [-0.15, -0.1) is 0 Å². The minimum Gasteiger partial charge on any atom is -0.339 e. The first-order chi connectivity index (χ1) is 11.6. The molecule has 2 amide bonds. The van der Waals surface area contributed by atoms with E-state index in [-0.39, 0.29) is 17.7 Å². The predicted molar refractivity (Wildman–Crippen MR) is 90.5 cm³/mol. The number of piperidine rings is 1. The zero-order valence-electron chi connectivity index (χ0n) is 13.6. The van der Waals surface area contributed by atoms with Crippen molar-refractivity contribution in [3.63, 3.8) is 0 Å². The van der Waals surface area contributed by atoms with Crippen LogP contribution in [0, 0.1) is 12.8 Å². The quantitative estimate of drug-likeness (QED) is 0.940. The molecule has 3 heterocycles. The molecular weight excluding hydrogens is 304 g/mol. The zero-order chi connectivity index (χ0) is 16.9. The molecule has 0 saturated carbocycles. The van der Waals surface area contributed by atoms with Crippen molar-refractivity contribution in [3.05, 3.63) is 54.0 Å². The number of likely N-dealkylation sites (tertiary alicyclic amines) is 1. The number of carbonyl (C=O) groups excluding carboxylic acids is 2. The third kappa shape index (κ3) is 3.76. The Bertz CT molecular complexity index is 708. The molecule has 1 aliphatic rings. The second-order valence-corrected chi connectivity index (χ2v) is 6.01. The summed E-state index contributed by atoms with van der Waals surface area (Å²) in [5, 5.41) is 2.85. The molecule has 24 heavy (non-hydrogen) atoms. The molecule has 0 unspecified atom stereocenters. The van der Waals surface area contributed by atoms with Crippen molar-refractivity contribution in [2.75, 3.05) is 18.4 Å². The van der Waals surface area contributed by atoms with Gasteiger partial charge in [-0.3, -0.25) is 14.6 Å². The van der Waals surface area contributed by atoms with Crippen molar-refractivity contribution < 1.29 is 9.59 Å². The van der Waals surface area contributed by atoms with Gasteiger partial charge in [0, 0.05) is 43.2 Å². The lowest BCUT2D eigenvalue weighted by molar-refractivity contribution is -0.121. The molecule has 6 heteroatoms. The Morgan fingerprint density at radius 2 is 1.83 bits per heavy atom. The van der Waals surface area contributed by atoms with Gasteiger partial charge in [-0.1, -0.05) is 6.07 Å². The molecule has 2 aromatic heterocycles. The van der Waals surface area contributed by atoms with Crippen LogP contribution in [-0.4, -0.2) is 39.8 Å². The maximum absolute atomic E-state index is 12.4. The maximum Gasteiger partial charge on any atom is 0.253 e. The van der Waals surface area contributed by atoms with E-state index in [1.807, 2.05) is 13.0 Å². The van der Waals surface area contributed by atoms with Gasteiger partial charge in [0.05, 0.1) is 0 Å². The Morgan fingerprint density at radius 1 is 1.12 bits per heavy atom. The molecule has 1 aliphatic heterocycles. The average molecular weight is 324 g/mol. The Labute approximate surface area is 140 Å². The number of rotatable bonds is 3. The third-order valence-electron chi connectivity index (χ3n) is 4.24. The van der Waals surface area contributed by atoms with Crippen molar-refractivity contribution >= 4 is 17.6 Å². The fraction of sp³-hybridized carbons (Fsp3) is 0.333. The Balaban J connectivity index is 1.54. The number of hydrogen-bond acceptors (Lipinski definition) is 4. The lowest BCUT2D eigenvalue weighted by atomic mass is 9.95. The Kier molecular flexibility index (Phi) is 4.84. The Morgan fingerprint density at radius 3 is 2.46 bits per heavy atom. The van der Waals surface area contributed by atoms with Gasteiger partial charge >= 0.3 is 0 Å². The average Bonchev–Trinajstić information content (AvgIpc) is 2.64. The predicted octanol–water partition coefficient (Wildman–Crippen LogP) is 2.28. The summed E-state index contributed by atoms with van der Waals surface area (Å²) in [4.78, 5) is 34.6. The Hall–Kier alpha value is -2.76. The number of amides is 2. The third-order valence-corrected chi connectivity index (χ3v) is 4.24. The van der Waals surface area contributed by atoms with Gasteiger partial charge in [-0.25, -0.2) is 4.98 Å². The van der Waals surface area contributed by atoms with Crippen molar-refractivity contribution in [3.8, 4) is 0 Å². The van der Waals surface area contributed by atoms with Crippen molar-refractivity contribution in [1.29, 1.82) is 0 Å². The molecule has 3 rings (SSSR count). The summed E-state index contributed by atoms with van der Waals surface area (Å²) in [5.74, 6) is 0.453. The normalized spacial score (nSPS) is 15.1. The van der Waals surface area contributed by atoms with E-state index < -0.39 is 0 Å². The van der Waals surface area contributed by atoms with Gasteiger partial charge < -0.3 is 10.2 Å². The molecule has 0 spiro atoms. The van der Waals surface area contributed by atoms with Crippen LogP contribution < -0.4 is 5.32 Å². The molecule has 2 aromatic rings. The fourth-order valence-corrected chi connectivity index (χ4v) is 2.79. The van der Waals surface area contributed by atoms with Crippen LogP contribution in [0.1, 0.15) is 28.8 Å². The molecule has 0 bridgehead atoms. The first-order valence-electron chi connectivity index (χ1n) is 8.06. The number of carbonyl (C=O) groups is 2. The van der Waals surface area contributed by atoms with Gasteiger partial charge in [0.1, 0.15) is 5.82 Å². The number of pyridine rings is 2. The van der Waals surface area contributed by atoms with Crippen LogP contribution in [-0.2, 0) is 4.79 Å². The maximum atomic E-state index is 12.4. The monoisotopic (exact) mass is 324 g/mol. The molecule has 0 aliphatic carbocycles. The number of nitrogens with one attached hydrogen (secondary N) is 1. The van der Waals surface area contributed by atoms with Crippen LogP contribution in [0.2, 0.25) is 0 Å². The molecule has 0 radical (unpaired) electrons. The van der Waals surface area contributed by atoms with Gasteiger partial charge in [0.25, 0.3) is 5.91 Å². The molecule has 0 aromatic carbocycles. The highest BCUT2D eigenvalue weighted by atomic mass is 16.2. The summed E-state index contributed by atoms with van der Waals surface area (Å²) < 4.78 is 0. The van der Waals surface area contributed by atoms with Crippen molar-refractivity contribution in [2.24, 2.45) is 5.92 Å². The number of anilines is 1. The van der Waals surface area contributed by atoms with E-state index in [1.165, 1.54) is 0 Å². The second kappa shape index (κ2) is 7.21. The van der Waals surface area contributed by atoms with Gasteiger partial charge in [-0.05, 0) is 43.5 Å². The highest BCUT2D eigenvalue weighted by molar-refractivity contribution is 5.95. The smallest absolute Gasteiger partial charge is 0.253 e. The van der Waals surface area contributed by atoms with Crippen LogP contribution in [0.4, 0.5) is 5.82 Å². The highest BCUT2D eigenvalue weighted by Gasteiger charge is 2.28. The SMILES string of the molecule is Cc1ccc(NC(=O)C2CCN(C(=O)c3ccncc3)CC2)nc1. The van der Waals surface area contributed by atoms with Crippen LogP contribution in [0.25, 0.3) is 0 Å². The topological polar surface area (TPSA) is 75.2 Å². The summed E-state index contributed by atoms with van der Waals surface area (Å²) in [6, 6.07) is 7.14. The summed E-state index contributed by atoms with van der Waals surface area (Å²) in [5.41, 5.74) is 1.69. The molecule has 124 valence electrons. The van der Waals surface area contributed by atoms with E-state index in [9.17, 15) is 9.59 Å². The number of aromatic nitrogens is 2. The molecule has 1 N–H and O–H groups in total. The molecule has 1 fully saturated rings. The number of hydrogen-bond donors (Lipinski definition) is 1. The highest BCUT2D eigenvalue weighted by Crippen LogP contribution is 2.20. The first-order valence-corrected chi connectivity index (χ1v) is 8.06. The van der Waals surface area contributed by atoms with Gasteiger partial charge in [0.2, 0.25) is 5.91 Å². The largest absolute Gasteiger partial charge is 0.339 e. The summed E-state index contributed by atoms with van der Waals surface area (Å²) >= 11 is 0. The summed E-state index contributed by atoms with van der Waals surface area (Å²) in [6.07, 6.45) is 6.28. The minimum atomic E-state index is -0.0883. The van der Waals surface area contributed by atoms with E-state index in [0.29, 0.717) is 37.3 Å². The van der Waals surface area contributed by atoms with E-state index >= 15 is 0 Å². The molecule has 1 saturated heterocycles. The lowest BCUT2D eigenvalue weighted by Gasteiger charge is -2.31. The van der Waals surface area contributed by atoms with E-state index in [2.05, 4.69) is 15.3 Å². The molecule has 6 nitrogen and oxygen atoms in total. The van der Waals surface area contributed by atoms with Gasteiger partial charge in [0.15, 0.2) is 0 Å². The first kappa shape index (κ1) is 16.1. The van der Waals surface area contributed by atoms with E-state index in [4.69, 9.17) is 0 Å². The summed E-state index contributed by atoms with van der Waals surface area (Å²) in [6.45, 7) is 3.12. The van der Waals surface area contributed by atoms with Crippen molar-refractivity contribution in [2.45, 2.75) is 19.8 Å². The van der Waals surface area contributed by atoms with Crippen LogP contribution >= 0.6 is 0 Å². The number of aryl methyl sites for hydroxylation is 1. The lowest BCUT2D eigenvalue weighted by Crippen LogP contribution is -2.41. The number of nitrogens with zero attached hydrogens (tertiary/aromatic N) is 3. The van der Waals surface area contributed by atoms with Crippen LogP contribution in [0.3, 0.4) is 0 Å².